The number of hydrogen-bond acceptors (Lipinski definition) is 6. The summed E-state index contributed by atoms with van der Waals surface area (Å²) in [7, 11) is 0. The largest absolute Gasteiger partial charge is 0.486 e. The molecule has 0 radical (unpaired) electrons. The highest BCUT2D eigenvalue weighted by molar-refractivity contribution is 5.94. The fourth-order valence-electron chi connectivity index (χ4n) is 2.69. The third-order valence-electron chi connectivity index (χ3n) is 3.98. The minimum absolute atomic E-state index is 0.183. The molecule has 8 nitrogen and oxygen atoms in total. The van der Waals surface area contributed by atoms with Crippen LogP contribution in [0.5, 0.6) is 11.5 Å². The van der Waals surface area contributed by atoms with Crippen LogP contribution >= 0.6 is 0 Å². The molecule has 0 bridgehead atoms. The van der Waals surface area contributed by atoms with Crippen molar-refractivity contribution < 1.29 is 14.3 Å². The number of pyridine rings is 1. The Balaban J connectivity index is 1.36. The minimum Gasteiger partial charge on any atom is -0.486 e. The first-order valence-corrected chi connectivity index (χ1v) is 8.28. The molecule has 0 spiro atoms. The van der Waals surface area contributed by atoms with Crippen LogP contribution in [0.1, 0.15) is 15.9 Å². The number of ether oxygens (including phenoxy) is 2. The number of hydrogen-bond donors (Lipinski definition) is 1. The lowest BCUT2D eigenvalue weighted by atomic mass is 10.1. The van der Waals surface area contributed by atoms with E-state index in [0.717, 1.165) is 17.1 Å². The first-order valence-electron chi connectivity index (χ1n) is 8.28. The molecule has 1 N–H and O–H groups in total. The van der Waals surface area contributed by atoms with E-state index >= 15 is 0 Å². The summed E-state index contributed by atoms with van der Waals surface area (Å²) < 4.78 is 12.6. The average Bonchev–Trinajstić information content (AvgIpc) is 3.23. The first kappa shape index (κ1) is 16.1. The number of carbonyl (C=O) groups is 1. The van der Waals surface area contributed by atoms with E-state index in [1.807, 2.05) is 18.2 Å². The summed E-state index contributed by atoms with van der Waals surface area (Å²) in [6.45, 7) is 1.64. The van der Waals surface area contributed by atoms with Crippen molar-refractivity contribution in [2.45, 2.75) is 6.42 Å². The monoisotopic (exact) mass is 351 g/mol. The molecule has 8 heteroatoms. The number of carbonyl (C=O) groups excluding carboxylic acids is 1. The van der Waals surface area contributed by atoms with E-state index in [-0.39, 0.29) is 5.91 Å². The minimum atomic E-state index is -0.183. The predicted molar refractivity (Wildman–Crippen MR) is 92.6 cm³/mol. The molecule has 0 atom stereocenters. The first-order chi connectivity index (χ1) is 12.8. The maximum atomic E-state index is 12.3. The van der Waals surface area contributed by atoms with Crippen molar-refractivity contribution in [1.29, 1.82) is 0 Å². The molecule has 0 saturated carbocycles. The quantitative estimate of drug-likeness (QED) is 0.747. The van der Waals surface area contributed by atoms with Gasteiger partial charge >= 0.3 is 0 Å². The van der Waals surface area contributed by atoms with Crippen LogP contribution in [0, 0.1) is 0 Å². The maximum absolute atomic E-state index is 12.3. The van der Waals surface area contributed by atoms with E-state index in [9.17, 15) is 4.79 Å². The van der Waals surface area contributed by atoms with Crippen molar-refractivity contribution in [3.05, 3.63) is 60.2 Å². The molecule has 0 fully saturated rings. The number of benzene rings is 1. The third kappa shape index (κ3) is 3.49. The SMILES string of the molecule is O=C(NCCc1ccc2c(c1)OCCO2)c1cncc(-n2ccnn2)c1. The van der Waals surface area contributed by atoms with Gasteiger partial charge in [0.05, 0.1) is 29.8 Å². The highest BCUT2D eigenvalue weighted by Gasteiger charge is 2.12. The summed E-state index contributed by atoms with van der Waals surface area (Å²) in [6, 6.07) is 7.55. The van der Waals surface area contributed by atoms with Gasteiger partial charge in [0.2, 0.25) is 0 Å². The molecule has 1 amide bonds. The number of aromatic nitrogens is 4. The van der Waals surface area contributed by atoms with Gasteiger partial charge in [-0.2, -0.15) is 0 Å². The number of amides is 1. The zero-order valence-electron chi connectivity index (χ0n) is 14.0. The molecule has 2 aromatic heterocycles. The Morgan fingerprint density at radius 3 is 2.88 bits per heavy atom. The average molecular weight is 351 g/mol. The lowest BCUT2D eigenvalue weighted by molar-refractivity contribution is 0.0953. The molecule has 1 aromatic carbocycles. The van der Waals surface area contributed by atoms with Gasteiger partial charge in [-0.15, -0.1) is 5.10 Å². The van der Waals surface area contributed by atoms with Crippen LogP contribution in [-0.2, 0) is 6.42 Å². The molecule has 0 saturated heterocycles. The molecule has 26 heavy (non-hydrogen) atoms. The normalized spacial score (nSPS) is 12.6. The van der Waals surface area contributed by atoms with Gasteiger partial charge in [-0.1, -0.05) is 11.3 Å². The van der Waals surface area contributed by atoms with Crippen molar-refractivity contribution in [1.82, 2.24) is 25.3 Å². The van der Waals surface area contributed by atoms with Gasteiger partial charge in [0.25, 0.3) is 5.91 Å². The van der Waals surface area contributed by atoms with Crippen molar-refractivity contribution in [3.8, 4) is 17.2 Å². The highest BCUT2D eigenvalue weighted by atomic mass is 16.6. The van der Waals surface area contributed by atoms with Crippen LogP contribution in [0.2, 0.25) is 0 Å². The molecule has 0 aliphatic carbocycles. The van der Waals surface area contributed by atoms with Crippen molar-refractivity contribution >= 4 is 5.91 Å². The number of rotatable bonds is 5. The molecular weight excluding hydrogens is 334 g/mol. The summed E-state index contributed by atoms with van der Waals surface area (Å²) in [4.78, 5) is 16.4. The molecule has 0 unspecified atom stereocenters. The van der Waals surface area contributed by atoms with Crippen molar-refractivity contribution in [2.24, 2.45) is 0 Å². The summed E-state index contributed by atoms with van der Waals surface area (Å²) in [5.74, 6) is 1.34. The topological polar surface area (TPSA) is 91.2 Å². The van der Waals surface area contributed by atoms with E-state index in [0.29, 0.717) is 37.4 Å². The summed E-state index contributed by atoms with van der Waals surface area (Å²) in [5.41, 5.74) is 2.23. The molecule has 1 aliphatic rings. The van der Waals surface area contributed by atoms with Gasteiger partial charge in [0.1, 0.15) is 13.2 Å². The van der Waals surface area contributed by atoms with E-state index in [2.05, 4.69) is 20.6 Å². The van der Waals surface area contributed by atoms with E-state index in [1.54, 1.807) is 29.3 Å². The molecule has 1 aliphatic heterocycles. The predicted octanol–water partition coefficient (Wildman–Crippen LogP) is 1.41. The molecule has 132 valence electrons. The van der Waals surface area contributed by atoms with Gasteiger partial charge < -0.3 is 14.8 Å². The van der Waals surface area contributed by atoms with Crippen LogP contribution in [0.15, 0.2) is 49.1 Å². The zero-order chi connectivity index (χ0) is 17.8. The fraction of sp³-hybridized carbons (Fsp3) is 0.222. The Bertz CT molecular complexity index is 911. The lowest BCUT2D eigenvalue weighted by Gasteiger charge is -2.18. The van der Waals surface area contributed by atoms with Crippen molar-refractivity contribution in [3.63, 3.8) is 0 Å². The van der Waals surface area contributed by atoms with E-state index < -0.39 is 0 Å². The molecule has 4 rings (SSSR count). The Labute approximate surface area is 149 Å². The van der Waals surface area contributed by atoms with Crippen LogP contribution < -0.4 is 14.8 Å². The second kappa shape index (κ2) is 7.22. The van der Waals surface area contributed by atoms with Gasteiger partial charge in [0.15, 0.2) is 11.5 Å². The Kier molecular flexibility index (Phi) is 4.46. The molecule has 3 aromatic rings. The second-order valence-corrected chi connectivity index (χ2v) is 5.76. The van der Waals surface area contributed by atoms with Crippen molar-refractivity contribution in [2.75, 3.05) is 19.8 Å². The highest BCUT2D eigenvalue weighted by Crippen LogP contribution is 2.30. The Hall–Kier alpha value is -3.42. The molecular formula is C18H17N5O3. The lowest BCUT2D eigenvalue weighted by Crippen LogP contribution is -2.26. The van der Waals surface area contributed by atoms with Crippen LogP contribution in [0.4, 0.5) is 0 Å². The summed E-state index contributed by atoms with van der Waals surface area (Å²) in [5, 5.41) is 10.6. The standard InChI is InChI=1S/C18H17N5O3/c24-18(14-10-15(12-19-11-14)23-6-5-21-22-23)20-4-3-13-1-2-16-17(9-13)26-8-7-25-16/h1-2,5-6,9-12H,3-4,7-8H2,(H,20,24). The Morgan fingerprint density at radius 2 is 2.04 bits per heavy atom. The van der Waals surface area contributed by atoms with Crippen LogP contribution in [0.25, 0.3) is 5.69 Å². The number of fused-ring (bicyclic) bond motifs is 1. The smallest absolute Gasteiger partial charge is 0.252 e. The molecule has 3 heterocycles. The fourth-order valence-corrected chi connectivity index (χ4v) is 2.69. The van der Waals surface area contributed by atoms with Gasteiger partial charge in [-0.05, 0) is 30.2 Å². The zero-order valence-corrected chi connectivity index (χ0v) is 14.0. The second-order valence-electron chi connectivity index (χ2n) is 5.76. The maximum Gasteiger partial charge on any atom is 0.252 e. The van der Waals surface area contributed by atoms with Gasteiger partial charge in [-0.25, -0.2) is 4.68 Å². The third-order valence-corrected chi connectivity index (χ3v) is 3.98. The van der Waals surface area contributed by atoms with Gasteiger partial charge in [0, 0.05) is 12.7 Å². The van der Waals surface area contributed by atoms with E-state index in [1.165, 1.54) is 6.20 Å². The number of nitrogens with one attached hydrogen (secondary N) is 1. The van der Waals surface area contributed by atoms with E-state index in [4.69, 9.17) is 9.47 Å². The summed E-state index contributed by atoms with van der Waals surface area (Å²) >= 11 is 0. The number of nitrogens with zero attached hydrogens (tertiary/aromatic N) is 4. The van der Waals surface area contributed by atoms with Gasteiger partial charge in [-0.3, -0.25) is 9.78 Å². The van der Waals surface area contributed by atoms with Crippen LogP contribution in [0.3, 0.4) is 0 Å². The Morgan fingerprint density at radius 1 is 1.15 bits per heavy atom. The summed E-state index contributed by atoms with van der Waals surface area (Å²) in [6.07, 6.45) is 7.11. The van der Waals surface area contributed by atoms with Crippen LogP contribution in [-0.4, -0.2) is 45.6 Å².